The summed E-state index contributed by atoms with van der Waals surface area (Å²) in [5.41, 5.74) is 2.24. The van der Waals surface area contributed by atoms with Crippen molar-refractivity contribution >= 4 is 12.2 Å². The van der Waals surface area contributed by atoms with Crippen molar-refractivity contribution < 1.29 is 14.3 Å². The van der Waals surface area contributed by atoms with Crippen molar-refractivity contribution in [2.75, 3.05) is 13.7 Å². The number of nitrogens with one attached hydrogen (secondary N) is 1. The van der Waals surface area contributed by atoms with Crippen molar-refractivity contribution in [3.63, 3.8) is 0 Å². The number of ether oxygens (including phenoxy) is 1. The van der Waals surface area contributed by atoms with Crippen molar-refractivity contribution in [2.24, 2.45) is 0 Å². The van der Waals surface area contributed by atoms with Gasteiger partial charge in [-0.2, -0.15) is 0 Å². The minimum absolute atomic E-state index is 0.277. The zero-order chi connectivity index (χ0) is 13.5. The summed E-state index contributed by atoms with van der Waals surface area (Å²) >= 11 is 0. The minimum Gasteiger partial charge on any atom is -0.496 e. The quantitative estimate of drug-likeness (QED) is 0.616. The molecule has 0 bridgehead atoms. The van der Waals surface area contributed by atoms with E-state index < -0.39 is 5.91 Å². The maximum absolute atomic E-state index is 10.8. The molecule has 4 nitrogen and oxygen atoms in total. The molecule has 1 N–H and O–H groups in total. The average Bonchev–Trinajstić information content (AvgIpc) is 2.38. The first kappa shape index (κ1) is 14.2. The molecule has 0 unspecified atom stereocenters. The molecule has 0 atom stereocenters. The highest BCUT2D eigenvalue weighted by Gasteiger charge is 2.07. The maximum Gasteiger partial charge on any atom is 0.284 e. The summed E-state index contributed by atoms with van der Waals surface area (Å²) in [4.78, 5) is 20.9. The summed E-state index contributed by atoms with van der Waals surface area (Å²) in [6, 6.07) is 6.08. The van der Waals surface area contributed by atoms with Gasteiger partial charge in [-0.1, -0.05) is 26.0 Å². The molecule has 1 rings (SSSR count). The number of amides is 1. The zero-order valence-corrected chi connectivity index (χ0v) is 11.0. The molecule has 0 aromatic heterocycles. The van der Waals surface area contributed by atoms with Gasteiger partial charge in [0.15, 0.2) is 0 Å². The number of aldehydes is 1. The van der Waals surface area contributed by atoms with Crippen LogP contribution in [0.1, 0.15) is 30.9 Å². The van der Waals surface area contributed by atoms with Crippen molar-refractivity contribution in [2.45, 2.75) is 26.2 Å². The number of hydrogen-bond acceptors (Lipinski definition) is 3. The first-order chi connectivity index (χ1) is 8.58. The van der Waals surface area contributed by atoms with E-state index in [9.17, 15) is 9.59 Å². The van der Waals surface area contributed by atoms with Crippen LogP contribution in [0.3, 0.4) is 0 Å². The van der Waals surface area contributed by atoms with E-state index >= 15 is 0 Å². The smallest absolute Gasteiger partial charge is 0.284 e. The Morgan fingerprint density at radius 3 is 2.72 bits per heavy atom. The van der Waals surface area contributed by atoms with Crippen molar-refractivity contribution in [3.05, 3.63) is 29.3 Å². The molecule has 0 saturated carbocycles. The third-order valence-corrected chi connectivity index (χ3v) is 2.78. The van der Waals surface area contributed by atoms with Crippen molar-refractivity contribution in [3.8, 4) is 5.75 Å². The molecule has 1 aromatic rings. The summed E-state index contributed by atoms with van der Waals surface area (Å²) in [5, 5.41) is 2.51. The molecule has 4 heteroatoms. The Kier molecular flexibility index (Phi) is 5.36. The largest absolute Gasteiger partial charge is 0.496 e. The van der Waals surface area contributed by atoms with E-state index in [0.29, 0.717) is 18.9 Å². The van der Waals surface area contributed by atoms with Crippen LogP contribution in [0.4, 0.5) is 0 Å². The van der Waals surface area contributed by atoms with E-state index in [4.69, 9.17) is 4.74 Å². The predicted octanol–water partition coefficient (Wildman–Crippen LogP) is 1.68. The van der Waals surface area contributed by atoms with Crippen LogP contribution in [0.5, 0.6) is 5.75 Å². The summed E-state index contributed by atoms with van der Waals surface area (Å²) in [6.45, 7) is 4.67. The molecule has 0 spiro atoms. The van der Waals surface area contributed by atoms with Gasteiger partial charge in [-0.05, 0) is 29.5 Å². The van der Waals surface area contributed by atoms with Crippen LogP contribution in [-0.4, -0.2) is 25.8 Å². The minimum atomic E-state index is -0.590. The molecular weight excluding hydrogens is 230 g/mol. The third-order valence-electron chi connectivity index (χ3n) is 2.78. The lowest BCUT2D eigenvalue weighted by molar-refractivity contribution is -0.131. The second-order valence-electron chi connectivity index (χ2n) is 4.38. The normalized spacial score (nSPS) is 10.2. The van der Waals surface area contributed by atoms with Gasteiger partial charge in [-0.15, -0.1) is 0 Å². The fourth-order valence-corrected chi connectivity index (χ4v) is 1.69. The van der Waals surface area contributed by atoms with Crippen LogP contribution in [0.25, 0.3) is 0 Å². The molecule has 1 amide bonds. The predicted molar refractivity (Wildman–Crippen MR) is 69.9 cm³/mol. The number of benzene rings is 1. The van der Waals surface area contributed by atoms with Gasteiger partial charge >= 0.3 is 0 Å². The van der Waals surface area contributed by atoms with Crippen LogP contribution >= 0.6 is 0 Å². The standard InChI is InChI=1S/C14H19NO3/c1-10(2)12-5-4-11(13(8-12)18-3)6-7-15-14(17)9-16/h4-5,8-10H,6-7H2,1-3H3,(H,15,17). The van der Waals surface area contributed by atoms with Crippen molar-refractivity contribution in [1.29, 1.82) is 0 Å². The molecule has 18 heavy (non-hydrogen) atoms. The van der Waals surface area contributed by atoms with Gasteiger partial charge in [-0.25, -0.2) is 0 Å². The molecule has 0 saturated heterocycles. The lowest BCUT2D eigenvalue weighted by Crippen LogP contribution is -2.26. The van der Waals surface area contributed by atoms with Gasteiger partial charge in [0, 0.05) is 6.54 Å². The number of hydrogen-bond donors (Lipinski definition) is 1. The molecule has 0 aliphatic carbocycles. The lowest BCUT2D eigenvalue weighted by Gasteiger charge is -2.12. The Morgan fingerprint density at radius 1 is 1.44 bits per heavy atom. The van der Waals surface area contributed by atoms with E-state index in [1.807, 2.05) is 12.1 Å². The Labute approximate surface area is 107 Å². The Balaban J connectivity index is 2.70. The second kappa shape index (κ2) is 6.79. The summed E-state index contributed by atoms with van der Waals surface area (Å²) < 4.78 is 5.34. The lowest BCUT2D eigenvalue weighted by atomic mass is 10.00. The maximum atomic E-state index is 10.8. The van der Waals surface area contributed by atoms with Gasteiger partial charge in [0.25, 0.3) is 5.91 Å². The second-order valence-corrected chi connectivity index (χ2v) is 4.38. The van der Waals surface area contributed by atoms with E-state index in [-0.39, 0.29) is 6.29 Å². The highest BCUT2D eigenvalue weighted by atomic mass is 16.5. The summed E-state index contributed by atoms with van der Waals surface area (Å²) in [6.07, 6.45) is 0.917. The number of carbonyl (C=O) groups is 2. The van der Waals surface area contributed by atoms with E-state index in [2.05, 4.69) is 25.2 Å². The van der Waals surface area contributed by atoms with Gasteiger partial charge < -0.3 is 10.1 Å². The monoisotopic (exact) mass is 249 g/mol. The number of rotatable bonds is 6. The highest BCUT2D eigenvalue weighted by molar-refractivity contribution is 6.23. The highest BCUT2D eigenvalue weighted by Crippen LogP contribution is 2.24. The molecule has 1 aromatic carbocycles. The number of methoxy groups -OCH3 is 1. The molecular formula is C14H19NO3. The molecule has 98 valence electrons. The molecule has 0 heterocycles. The van der Waals surface area contributed by atoms with Gasteiger partial charge in [0.1, 0.15) is 5.75 Å². The van der Waals surface area contributed by atoms with E-state index in [1.54, 1.807) is 7.11 Å². The molecule has 0 aliphatic rings. The Hall–Kier alpha value is -1.84. The van der Waals surface area contributed by atoms with E-state index in [0.717, 1.165) is 11.3 Å². The SMILES string of the molecule is COc1cc(C(C)C)ccc1CCNC(=O)C=O. The van der Waals surface area contributed by atoms with Gasteiger partial charge in [0.2, 0.25) is 6.29 Å². The number of carbonyl (C=O) groups excluding carboxylic acids is 2. The van der Waals surface area contributed by atoms with E-state index in [1.165, 1.54) is 5.56 Å². The van der Waals surface area contributed by atoms with Crippen LogP contribution in [0, 0.1) is 0 Å². The average molecular weight is 249 g/mol. The first-order valence-electron chi connectivity index (χ1n) is 5.98. The molecule has 0 fully saturated rings. The third kappa shape index (κ3) is 3.87. The van der Waals surface area contributed by atoms with Crippen LogP contribution < -0.4 is 10.1 Å². The Bertz CT molecular complexity index is 427. The van der Waals surface area contributed by atoms with Gasteiger partial charge in [0.05, 0.1) is 7.11 Å². The Morgan fingerprint density at radius 2 is 2.17 bits per heavy atom. The van der Waals surface area contributed by atoms with Crippen LogP contribution in [0.2, 0.25) is 0 Å². The molecule has 0 aliphatic heterocycles. The zero-order valence-electron chi connectivity index (χ0n) is 11.0. The topological polar surface area (TPSA) is 55.4 Å². The summed E-state index contributed by atoms with van der Waals surface area (Å²) in [5.74, 6) is 0.678. The fraction of sp³-hybridized carbons (Fsp3) is 0.429. The van der Waals surface area contributed by atoms with Gasteiger partial charge in [-0.3, -0.25) is 9.59 Å². The van der Waals surface area contributed by atoms with Crippen LogP contribution in [0.15, 0.2) is 18.2 Å². The molecule has 0 radical (unpaired) electrons. The van der Waals surface area contributed by atoms with Crippen LogP contribution in [-0.2, 0) is 16.0 Å². The summed E-state index contributed by atoms with van der Waals surface area (Å²) in [7, 11) is 1.63. The van der Waals surface area contributed by atoms with Crippen molar-refractivity contribution in [1.82, 2.24) is 5.32 Å². The first-order valence-corrected chi connectivity index (χ1v) is 5.98. The fourth-order valence-electron chi connectivity index (χ4n) is 1.69.